The number of piperidine rings is 1. The number of nitrogens with one attached hydrogen (secondary N) is 3. The van der Waals surface area contributed by atoms with Crippen LogP contribution in [-0.2, 0) is 22.4 Å². The lowest BCUT2D eigenvalue weighted by Crippen LogP contribution is -2.26. The predicted molar refractivity (Wildman–Crippen MR) is 192 cm³/mol. The molecular weight excluding hydrogens is 639 g/mol. The molecule has 2 aromatic carbocycles. The highest BCUT2D eigenvalue weighted by Crippen LogP contribution is 2.43. The van der Waals surface area contributed by atoms with Crippen molar-refractivity contribution < 1.29 is 9.59 Å². The molecule has 4 aromatic rings. The Labute approximate surface area is 290 Å². The Balaban J connectivity index is 0.903. The van der Waals surface area contributed by atoms with Gasteiger partial charge in [-0.05, 0) is 92.1 Å². The first-order chi connectivity index (χ1) is 23.6. The van der Waals surface area contributed by atoms with E-state index in [-0.39, 0.29) is 23.7 Å². The molecule has 3 N–H and O–H groups in total. The fraction of sp³-hybridized carbons (Fsp3) is 0.514. The van der Waals surface area contributed by atoms with Crippen LogP contribution in [0.2, 0.25) is 0 Å². The third-order valence-corrected chi connectivity index (χ3v) is 12.3. The number of carbonyl (C=O) groups is 2. The van der Waals surface area contributed by atoms with Gasteiger partial charge in [-0.1, -0.05) is 96.9 Å². The van der Waals surface area contributed by atoms with Crippen LogP contribution in [0.15, 0.2) is 48.5 Å². The van der Waals surface area contributed by atoms with Crippen LogP contribution in [0.1, 0.15) is 127 Å². The van der Waals surface area contributed by atoms with Crippen LogP contribution >= 0.6 is 22.7 Å². The van der Waals surface area contributed by atoms with Crippen molar-refractivity contribution >= 4 is 44.8 Å². The molecule has 7 rings (SSSR count). The SMILES string of the molecule is O=C(Cc1cccc(C2CCCCC2)c1)Nc1nnc([C@H]2CCC[C@H](c3nnc(NC(=O)Cc4cccc(C5CCNCC5)c4)s3)C2)s1. The maximum Gasteiger partial charge on any atom is 0.230 e. The molecule has 2 atom stereocenters. The highest BCUT2D eigenvalue weighted by atomic mass is 32.1. The molecule has 3 heterocycles. The summed E-state index contributed by atoms with van der Waals surface area (Å²) < 4.78 is 0. The monoisotopic (exact) mass is 683 g/mol. The summed E-state index contributed by atoms with van der Waals surface area (Å²) >= 11 is 2.95. The van der Waals surface area contributed by atoms with Gasteiger partial charge < -0.3 is 16.0 Å². The first kappa shape index (κ1) is 33.0. The zero-order valence-electron chi connectivity index (χ0n) is 27.5. The zero-order valence-corrected chi connectivity index (χ0v) is 29.1. The summed E-state index contributed by atoms with van der Waals surface area (Å²) in [5, 5.41) is 30.0. The highest BCUT2D eigenvalue weighted by molar-refractivity contribution is 7.15. The standard InChI is InChI=1S/C37H45N7O2S2/c45-32(21-24-7-4-11-28(19-24)26-9-2-1-3-10-26)39-36-43-41-34(47-36)30-13-6-14-31(23-30)35-42-44-37(48-35)40-33(46)22-25-8-5-12-29(20-25)27-15-17-38-18-16-27/h4-5,7-8,11-12,19-20,26-27,30-31,38H,1-3,6,9-10,13-18,21-23H2,(H,39,43,45)(H,40,44,46)/t30-,31-/m0/s1. The fourth-order valence-corrected chi connectivity index (χ4v) is 9.56. The van der Waals surface area contributed by atoms with E-state index in [9.17, 15) is 9.59 Å². The molecule has 0 unspecified atom stereocenters. The molecule has 2 amide bonds. The van der Waals surface area contributed by atoms with Gasteiger partial charge >= 0.3 is 0 Å². The van der Waals surface area contributed by atoms with Crippen LogP contribution in [0.3, 0.4) is 0 Å². The molecule has 0 radical (unpaired) electrons. The first-order valence-electron chi connectivity index (χ1n) is 17.7. The number of benzene rings is 2. The Morgan fingerprint density at radius 3 is 1.67 bits per heavy atom. The normalized spacial score (nSPS) is 20.8. The quantitative estimate of drug-likeness (QED) is 0.157. The van der Waals surface area contributed by atoms with Gasteiger partial charge in [-0.2, -0.15) is 0 Å². The highest BCUT2D eigenvalue weighted by Gasteiger charge is 2.30. The topological polar surface area (TPSA) is 122 Å². The summed E-state index contributed by atoms with van der Waals surface area (Å²) in [7, 11) is 0. The molecule has 48 heavy (non-hydrogen) atoms. The molecule has 2 aliphatic carbocycles. The smallest absolute Gasteiger partial charge is 0.230 e. The van der Waals surface area contributed by atoms with E-state index in [4.69, 9.17) is 0 Å². The average Bonchev–Trinajstić information content (AvgIpc) is 3.79. The second kappa shape index (κ2) is 15.8. The van der Waals surface area contributed by atoms with Crippen molar-refractivity contribution in [2.24, 2.45) is 0 Å². The first-order valence-corrected chi connectivity index (χ1v) is 19.3. The minimum atomic E-state index is -0.0676. The Kier molecular flexibility index (Phi) is 10.8. The van der Waals surface area contributed by atoms with Crippen LogP contribution in [0.4, 0.5) is 10.3 Å². The minimum Gasteiger partial charge on any atom is -0.317 e. The maximum absolute atomic E-state index is 12.9. The molecule has 1 aliphatic heterocycles. The molecule has 2 aromatic heterocycles. The van der Waals surface area contributed by atoms with Gasteiger partial charge in [0.15, 0.2) is 0 Å². The number of nitrogens with zero attached hydrogens (tertiary/aromatic N) is 4. The number of hydrogen-bond acceptors (Lipinski definition) is 9. The fourth-order valence-electron chi connectivity index (χ4n) is 7.74. The van der Waals surface area contributed by atoms with Gasteiger partial charge in [0, 0.05) is 11.8 Å². The second-order valence-electron chi connectivity index (χ2n) is 13.8. The summed E-state index contributed by atoms with van der Waals surface area (Å²) in [5.74, 6) is 1.57. The van der Waals surface area contributed by atoms with Crippen molar-refractivity contribution in [1.82, 2.24) is 25.7 Å². The summed E-state index contributed by atoms with van der Waals surface area (Å²) in [6.07, 6.45) is 13.4. The average molecular weight is 684 g/mol. The van der Waals surface area contributed by atoms with Crippen LogP contribution in [-0.4, -0.2) is 45.3 Å². The van der Waals surface area contributed by atoms with E-state index < -0.39 is 0 Å². The van der Waals surface area contributed by atoms with Crippen molar-refractivity contribution in [2.45, 2.75) is 107 Å². The number of carbonyl (C=O) groups excluding carboxylic acids is 2. The predicted octanol–water partition coefficient (Wildman–Crippen LogP) is 7.71. The second-order valence-corrected chi connectivity index (χ2v) is 15.8. The third-order valence-electron chi connectivity index (χ3n) is 10.3. The zero-order chi connectivity index (χ0) is 32.7. The number of rotatable bonds is 10. The minimum absolute atomic E-state index is 0.0575. The van der Waals surface area contributed by atoms with E-state index in [0.29, 0.717) is 34.9 Å². The largest absolute Gasteiger partial charge is 0.317 e. The van der Waals surface area contributed by atoms with Gasteiger partial charge in [-0.25, -0.2) is 0 Å². The van der Waals surface area contributed by atoms with E-state index in [1.54, 1.807) is 0 Å². The van der Waals surface area contributed by atoms with Gasteiger partial charge in [0.25, 0.3) is 0 Å². The Bertz CT molecular complexity index is 1570. The van der Waals surface area contributed by atoms with E-state index in [2.05, 4.69) is 72.7 Å². The Morgan fingerprint density at radius 1 is 0.625 bits per heavy atom. The summed E-state index contributed by atoms with van der Waals surface area (Å²) in [6.45, 7) is 2.10. The Hall–Kier alpha value is -3.54. The van der Waals surface area contributed by atoms with Crippen molar-refractivity contribution in [2.75, 3.05) is 23.7 Å². The van der Waals surface area contributed by atoms with Gasteiger partial charge in [0.05, 0.1) is 12.8 Å². The molecule has 0 spiro atoms. The van der Waals surface area contributed by atoms with Crippen molar-refractivity contribution in [3.05, 3.63) is 80.8 Å². The number of anilines is 2. The molecule has 0 bridgehead atoms. The summed E-state index contributed by atoms with van der Waals surface area (Å²) in [4.78, 5) is 25.9. The van der Waals surface area contributed by atoms with Crippen LogP contribution in [0, 0.1) is 0 Å². The lowest BCUT2D eigenvalue weighted by molar-refractivity contribution is -0.116. The molecule has 2 saturated carbocycles. The van der Waals surface area contributed by atoms with Crippen LogP contribution in [0.25, 0.3) is 0 Å². The molecule has 3 aliphatic rings. The van der Waals surface area contributed by atoms with Gasteiger partial charge in [0.1, 0.15) is 10.0 Å². The lowest BCUT2D eigenvalue weighted by atomic mass is 9.82. The lowest BCUT2D eigenvalue weighted by Gasteiger charge is -2.25. The molecule has 3 fully saturated rings. The van der Waals surface area contributed by atoms with Crippen molar-refractivity contribution in [3.8, 4) is 0 Å². The summed E-state index contributed by atoms with van der Waals surface area (Å²) in [5.41, 5.74) is 4.76. The van der Waals surface area contributed by atoms with Crippen LogP contribution in [0.5, 0.6) is 0 Å². The van der Waals surface area contributed by atoms with Crippen molar-refractivity contribution in [1.29, 1.82) is 0 Å². The van der Waals surface area contributed by atoms with Gasteiger partial charge in [-0.15, -0.1) is 20.4 Å². The molecular formula is C37H45N7O2S2. The maximum atomic E-state index is 12.9. The Morgan fingerprint density at radius 2 is 1.12 bits per heavy atom. The van der Waals surface area contributed by atoms with Gasteiger partial charge in [-0.3, -0.25) is 9.59 Å². The van der Waals surface area contributed by atoms with Gasteiger partial charge in [0.2, 0.25) is 22.1 Å². The number of hydrogen-bond donors (Lipinski definition) is 3. The van der Waals surface area contributed by atoms with E-state index in [1.807, 2.05) is 12.1 Å². The number of aromatic nitrogens is 4. The van der Waals surface area contributed by atoms with Crippen molar-refractivity contribution in [3.63, 3.8) is 0 Å². The van der Waals surface area contributed by atoms with E-state index in [0.717, 1.165) is 72.8 Å². The van der Waals surface area contributed by atoms with E-state index >= 15 is 0 Å². The third kappa shape index (κ3) is 8.54. The summed E-state index contributed by atoms with van der Waals surface area (Å²) in [6, 6.07) is 17.0. The molecule has 1 saturated heterocycles. The van der Waals surface area contributed by atoms with E-state index in [1.165, 1.54) is 65.9 Å². The van der Waals surface area contributed by atoms with Crippen LogP contribution < -0.4 is 16.0 Å². The molecule has 252 valence electrons. The number of amides is 2. The molecule has 11 heteroatoms. The molecule has 9 nitrogen and oxygen atoms in total.